The highest BCUT2D eigenvalue weighted by Gasteiger charge is 2.49. The van der Waals surface area contributed by atoms with Crippen molar-refractivity contribution in [3.63, 3.8) is 0 Å². The molecule has 1 heterocycles. The first kappa shape index (κ1) is 16.2. The van der Waals surface area contributed by atoms with Crippen molar-refractivity contribution in [3.8, 4) is 0 Å². The van der Waals surface area contributed by atoms with Crippen molar-refractivity contribution in [2.24, 2.45) is 0 Å². The molecule has 2 unspecified atom stereocenters. The minimum atomic E-state index is -1.15. The maximum absolute atomic E-state index is 12.2. The van der Waals surface area contributed by atoms with Crippen LogP contribution in [0.25, 0.3) is 0 Å². The molecule has 1 aliphatic carbocycles. The summed E-state index contributed by atoms with van der Waals surface area (Å²) in [5.74, 6) is -0.0772. The molecule has 134 valence electrons. The van der Waals surface area contributed by atoms with Crippen molar-refractivity contribution in [2.75, 3.05) is 0 Å². The first-order chi connectivity index (χ1) is 13.3. The molecule has 0 amide bonds. The van der Waals surface area contributed by atoms with Gasteiger partial charge in [-0.3, -0.25) is 0 Å². The minimum absolute atomic E-state index is 0.0772. The fourth-order valence-corrected chi connectivity index (χ4v) is 4.44. The summed E-state index contributed by atoms with van der Waals surface area (Å²) in [4.78, 5) is 0. The van der Waals surface area contributed by atoms with E-state index in [1.165, 1.54) is 5.56 Å². The molecule has 3 heteroatoms. The molecule has 1 N–H and O–H groups in total. The topological polar surface area (TPSA) is 38.7 Å². The van der Waals surface area contributed by atoms with Crippen LogP contribution in [-0.4, -0.2) is 5.11 Å². The zero-order valence-electron chi connectivity index (χ0n) is 14.8. The highest BCUT2D eigenvalue weighted by atomic mass is 16.7. The van der Waals surface area contributed by atoms with E-state index in [-0.39, 0.29) is 5.92 Å². The average molecular weight is 356 g/mol. The summed E-state index contributed by atoms with van der Waals surface area (Å²) in [6.45, 7) is 0. The molecule has 3 aromatic carbocycles. The van der Waals surface area contributed by atoms with Gasteiger partial charge in [-0.25, -0.2) is 0 Å². The van der Waals surface area contributed by atoms with E-state index in [1.54, 1.807) is 12.5 Å². The molecule has 0 saturated carbocycles. The molecule has 3 nitrogen and oxygen atoms in total. The Kier molecular flexibility index (Phi) is 3.76. The number of aliphatic hydroxyl groups is 1. The molecule has 0 radical (unpaired) electrons. The van der Waals surface area contributed by atoms with E-state index < -0.39 is 11.9 Å². The third-order valence-electron chi connectivity index (χ3n) is 5.64. The summed E-state index contributed by atoms with van der Waals surface area (Å²) in [7, 11) is 0. The summed E-state index contributed by atoms with van der Waals surface area (Å²) in [5, 5.41) is 12.2. The molecular formula is C24H20O3. The fraction of sp³-hybridized carbons (Fsp3) is 0.167. The fourth-order valence-electron chi connectivity index (χ4n) is 4.44. The molecule has 1 aliphatic heterocycles. The summed E-state index contributed by atoms with van der Waals surface area (Å²) in [6.07, 6.45) is 3.34. The first-order valence-electron chi connectivity index (χ1n) is 9.19. The Morgan fingerprint density at radius 3 is 2.15 bits per heavy atom. The van der Waals surface area contributed by atoms with Gasteiger partial charge in [0.05, 0.1) is 0 Å². The smallest absolute Gasteiger partial charge is 0.266 e. The van der Waals surface area contributed by atoms with E-state index in [1.807, 2.05) is 60.7 Å². The van der Waals surface area contributed by atoms with Gasteiger partial charge in [0.25, 0.3) is 6.29 Å². The average Bonchev–Trinajstić information content (AvgIpc) is 3.36. The van der Waals surface area contributed by atoms with Crippen LogP contribution in [0.4, 0.5) is 0 Å². The second-order valence-electron chi connectivity index (χ2n) is 7.05. The number of fused-ring (bicyclic) bond motifs is 1. The van der Waals surface area contributed by atoms with Gasteiger partial charge in [-0.2, -0.15) is 0 Å². The molecule has 27 heavy (non-hydrogen) atoms. The molecule has 3 aromatic rings. The van der Waals surface area contributed by atoms with Crippen molar-refractivity contribution in [3.05, 3.63) is 119 Å². The number of hydrogen-bond donors (Lipinski definition) is 1. The zero-order valence-corrected chi connectivity index (χ0v) is 14.8. The van der Waals surface area contributed by atoms with Gasteiger partial charge >= 0.3 is 0 Å². The van der Waals surface area contributed by atoms with Gasteiger partial charge in [0.15, 0.2) is 0 Å². The Morgan fingerprint density at radius 1 is 0.741 bits per heavy atom. The van der Waals surface area contributed by atoms with Crippen LogP contribution < -0.4 is 0 Å². The molecule has 0 spiro atoms. The Morgan fingerprint density at radius 2 is 1.37 bits per heavy atom. The van der Waals surface area contributed by atoms with Crippen LogP contribution in [0, 0.1) is 0 Å². The van der Waals surface area contributed by atoms with Gasteiger partial charge in [-0.05, 0) is 28.7 Å². The van der Waals surface area contributed by atoms with Gasteiger partial charge in [-0.15, -0.1) is 0 Å². The van der Waals surface area contributed by atoms with Crippen LogP contribution >= 0.6 is 0 Å². The monoisotopic (exact) mass is 356 g/mol. The maximum atomic E-state index is 12.2. The van der Waals surface area contributed by atoms with Crippen LogP contribution in [0.15, 0.2) is 91.4 Å². The molecule has 0 bridgehead atoms. The Balaban J connectivity index is 1.72. The Bertz CT molecular complexity index is 987. The molecule has 2 atom stereocenters. The Hall–Kier alpha value is -3.04. The zero-order chi connectivity index (χ0) is 18.3. The van der Waals surface area contributed by atoms with Crippen molar-refractivity contribution in [2.45, 2.75) is 24.2 Å². The number of benzene rings is 3. The summed E-state index contributed by atoms with van der Waals surface area (Å²) in [5.41, 5.74) is 3.79. The van der Waals surface area contributed by atoms with Crippen molar-refractivity contribution in [1.82, 2.24) is 0 Å². The second-order valence-corrected chi connectivity index (χ2v) is 7.05. The molecule has 5 rings (SSSR count). The summed E-state index contributed by atoms with van der Waals surface area (Å²) < 4.78 is 11.2. The summed E-state index contributed by atoms with van der Waals surface area (Å²) in [6, 6.07) is 26.3. The van der Waals surface area contributed by atoms with Gasteiger partial charge in [0.2, 0.25) is 0 Å². The van der Waals surface area contributed by atoms with Gasteiger partial charge in [0, 0.05) is 11.5 Å². The quantitative estimate of drug-likeness (QED) is 0.734. The molecular weight excluding hydrogens is 336 g/mol. The van der Waals surface area contributed by atoms with E-state index in [0.29, 0.717) is 0 Å². The SMILES string of the molecule is OC1(c2ccccc2C2OC=CO2)c2ccccc2CC1c1ccccc1. The van der Waals surface area contributed by atoms with Crippen LogP contribution in [0.1, 0.15) is 40.0 Å². The van der Waals surface area contributed by atoms with Crippen molar-refractivity contribution in [1.29, 1.82) is 0 Å². The Labute approximate surface area is 158 Å². The van der Waals surface area contributed by atoms with Crippen LogP contribution in [0.2, 0.25) is 0 Å². The van der Waals surface area contributed by atoms with Gasteiger partial charge in [-0.1, -0.05) is 78.9 Å². The molecule has 2 aliphatic rings. The van der Waals surface area contributed by atoms with Crippen LogP contribution in [0.5, 0.6) is 0 Å². The lowest BCUT2D eigenvalue weighted by atomic mass is 9.75. The van der Waals surface area contributed by atoms with Crippen molar-refractivity contribution >= 4 is 0 Å². The maximum Gasteiger partial charge on any atom is 0.266 e. The number of rotatable bonds is 3. The summed E-state index contributed by atoms with van der Waals surface area (Å²) >= 11 is 0. The molecule has 0 aromatic heterocycles. The van der Waals surface area contributed by atoms with E-state index in [2.05, 4.69) is 18.2 Å². The largest absolute Gasteiger partial charge is 0.455 e. The number of hydrogen-bond acceptors (Lipinski definition) is 3. The van der Waals surface area contributed by atoms with Gasteiger partial charge < -0.3 is 14.6 Å². The standard InChI is InChI=1S/C24H20O3/c25-24(21-13-7-5-11-19(21)23-26-14-15-27-23)20-12-6-4-10-18(20)16-22(24)17-8-2-1-3-9-17/h1-15,22-23,25H,16H2. The lowest BCUT2D eigenvalue weighted by Crippen LogP contribution is -2.33. The highest BCUT2D eigenvalue weighted by molar-refractivity contribution is 5.53. The first-order valence-corrected chi connectivity index (χ1v) is 9.19. The second kappa shape index (κ2) is 6.29. The lowest BCUT2D eigenvalue weighted by Gasteiger charge is -2.34. The van der Waals surface area contributed by atoms with E-state index in [4.69, 9.17) is 9.47 Å². The molecule has 0 fully saturated rings. The lowest BCUT2D eigenvalue weighted by molar-refractivity contribution is -0.0299. The highest BCUT2D eigenvalue weighted by Crippen LogP contribution is 2.52. The van der Waals surface area contributed by atoms with Crippen LogP contribution in [0.3, 0.4) is 0 Å². The molecule has 0 saturated heterocycles. The minimum Gasteiger partial charge on any atom is -0.455 e. The van der Waals surface area contributed by atoms with Crippen LogP contribution in [-0.2, 0) is 21.5 Å². The number of ether oxygens (including phenoxy) is 2. The predicted octanol–water partition coefficient (Wildman–Crippen LogP) is 4.78. The third-order valence-corrected chi connectivity index (χ3v) is 5.64. The van der Waals surface area contributed by atoms with E-state index in [9.17, 15) is 5.11 Å². The van der Waals surface area contributed by atoms with Crippen molar-refractivity contribution < 1.29 is 14.6 Å². The third kappa shape index (κ3) is 2.47. The van der Waals surface area contributed by atoms with E-state index in [0.717, 1.165) is 28.7 Å². The van der Waals surface area contributed by atoms with E-state index >= 15 is 0 Å². The van der Waals surface area contributed by atoms with Gasteiger partial charge in [0.1, 0.15) is 18.1 Å². The normalized spacial score (nSPS) is 23.7. The predicted molar refractivity (Wildman–Crippen MR) is 103 cm³/mol.